The summed E-state index contributed by atoms with van der Waals surface area (Å²) in [6.45, 7) is 0. The monoisotopic (exact) mass is 226 g/mol. The van der Waals surface area contributed by atoms with Gasteiger partial charge in [0.05, 0.1) is 6.33 Å². The highest BCUT2D eigenvalue weighted by molar-refractivity contribution is 4.73. The fourth-order valence-electron chi connectivity index (χ4n) is 2.77. The smallest absolute Gasteiger partial charge is 0.0827 e. The molecule has 1 rings (SSSR count). The molecule has 0 spiro atoms. The standard InChI is InChI=1S/C15H27F/c16-14-10-6-9-13-15-11-7-4-2-1-3-5-8-12-15/h10,14-15H,1-9,11-13H2/b14-10+. The number of rotatable bonds is 4. The van der Waals surface area contributed by atoms with Crippen LogP contribution < -0.4 is 0 Å². The zero-order valence-corrected chi connectivity index (χ0v) is 10.6. The lowest BCUT2D eigenvalue weighted by Crippen LogP contribution is -2.02. The van der Waals surface area contributed by atoms with Gasteiger partial charge >= 0.3 is 0 Å². The molecule has 0 atom stereocenters. The van der Waals surface area contributed by atoms with Crippen molar-refractivity contribution in [2.75, 3.05) is 0 Å². The first-order chi connectivity index (χ1) is 7.93. The second-order valence-corrected chi connectivity index (χ2v) is 5.21. The molecule has 0 N–H and O–H groups in total. The Kier molecular flexibility index (Phi) is 8.47. The summed E-state index contributed by atoms with van der Waals surface area (Å²) in [5.41, 5.74) is 0. The molecule has 0 aromatic heterocycles. The van der Waals surface area contributed by atoms with Crippen LogP contribution in [0.5, 0.6) is 0 Å². The second-order valence-electron chi connectivity index (χ2n) is 5.21. The molecule has 0 heterocycles. The van der Waals surface area contributed by atoms with E-state index in [1.54, 1.807) is 6.08 Å². The van der Waals surface area contributed by atoms with Crippen molar-refractivity contribution < 1.29 is 4.39 Å². The summed E-state index contributed by atoms with van der Waals surface area (Å²) in [4.78, 5) is 0. The van der Waals surface area contributed by atoms with Gasteiger partial charge in [0.15, 0.2) is 0 Å². The zero-order chi connectivity index (χ0) is 11.5. The van der Waals surface area contributed by atoms with E-state index in [2.05, 4.69) is 0 Å². The first kappa shape index (κ1) is 13.7. The molecule has 0 aromatic rings. The molecule has 0 radical (unpaired) electrons. The number of unbranched alkanes of at least 4 members (excludes halogenated alkanes) is 1. The summed E-state index contributed by atoms with van der Waals surface area (Å²) >= 11 is 0. The van der Waals surface area contributed by atoms with Gasteiger partial charge in [-0.3, -0.25) is 0 Å². The SMILES string of the molecule is F/C=C/CCCC1CCCCCCCCC1. The van der Waals surface area contributed by atoms with Crippen molar-refractivity contribution in [3.05, 3.63) is 12.4 Å². The summed E-state index contributed by atoms with van der Waals surface area (Å²) in [6.07, 6.45) is 18.6. The minimum atomic E-state index is 0.688. The Balaban J connectivity index is 2.14. The molecule has 0 nitrogen and oxygen atoms in total. The molecule has 1 aliphatic rings. The summed E-state index contributed by atoms with van der Waals surface area (Å²) in [7, 11) is 0. The minimum absolute atomic E-state index is 0.688. The van der Waals surface area contributed by atoms with Crippen molar-refractivity contribution in [2.45, 2.75) is 77.0 Å². The molecule has 0 saturated heterocycles. The van der Waals surface area contributed by atoms with Crippen molar-refractivity contribution in [1.29, 1.82) is 0 Å². The Hall–Kier alpha value is -0.330. The van der Waals surface area contributed by atoms with Crippen molar-refractivity contribution >= 4 is 0 Å². The average molecular weight is 226 g/mol. The molecule has 0 aromatic carbocycles. The van der Waals surface area contributed by atoms with Crippen LogP contribution in [0.15, 0.2) is 12.4 Å². The molecule has 0 unspecified atom stereocenters. The fraction of sp³-hybridized carbons (Fsp3) is 0.867. The van der Waals surface area contributed by atoms with Crippen LogP contribution in [0.3, 0.4) is 0 Å². The lowest BCUT2D eigenvalue weighted by Gasteiger charge is -2.18. The summed E-state index contributed by atoms with van der Waals surface area (Å²) in [6, 6.07) is 0. The lowest BCUT2D eigenvalue weighted by atomic mass is 9.88. The Morgan fingerprint density at radius 3 is 2.00 bits per heavy atom. The summed E-state index contributed by atoms with van der Waals surface area (Å²) < 4.78 is 11.8. The Morgan fingerprint density at radius 1 is 0.875 bits per heavy atom. The first-order valence-corrected chi connectivity index (χ1v) is 7.18. The van der Waals surface area contributed by atoms with E-state index in [9.17, 15) is 4.39 Å². The predicted octanol–water partition coefficient (Wildman–Crippen LogP) is 5.78. The molecule has 1 fully saturated rings. The number of halogens is 1. The van der Waals surface area contributed by atoms with Crippen LogP contribution in [-0.2, 0) is 0 Å². The maximum atomic E-state index is 11.8. The normalized spacial score (nSPS) is 21.3. The Bertz CT molecular complexity index is 164. The van der Waals surface area contributed by atoms with E-state index in [1.165, 1.54) is 70.6 Å². The maximum absolute atomic E-state index is 11.8. The van der Waals surface area contributed by atoms with Crippen molar-refractivity contribution in [3.63, 3.8) is 0 Å². The van der Waals surface area contributed by atoms with E-state index >= 15 is 0 Å². The van der Waals surface area contributed by atoms with E-state index in [0.29, 0.717) is 6.33 Å². The van der Waals surface area contributed by atoms with Crippen LogP contribution >= 0.6 is 0 Å². The van der Waals surface area contributed by atoms with Crippen LogP contribution in [0.4, 0.5) is 4.39 Å². The molecule has 16 heavy (non-hydrogen) atoms. The van der Waals surface area contributed by atoms with Gasteiger partial charge in [-0.1, -0.05) is 70.3 Å². The summed E-state index contributed by atoms with van der Waals surface area (Å²) in [5.74, 6) is 0.922. The Morgan fingerprint density at radius 2 is 1.44 bits per heavy atom. The molecule has 1 aliphatic carbocycles. The van der Waals surface area contributed by atoms with Gasteiger partial charge in [-0.05, 0) is 18.8 Å². The van der Waals surface area contributed by atoms with Gasteiger partial charge in [0.25, 0.3) is 0 Å². The van der Waals surface area contributed by atoms with Gasteiger partial charge in [-0.15, -0.1) is 0 Å². The van der Waals surface area contributed by atoms with Crippen molar-refractivity contribution in [1.82, 2.24) is 0 Å². The molecule has 0 amide bonds. The third-order valence-electron chi connectivity index (χ3n) is 3.80. The van der Waals surface area contributed by atoms with Gasteiger partial charge in [-0.25, -0.2) is 4.39 Å². The van der Waals surface area contributed by atoms with Gasteiger partial charge in [0.2, 0.25) is 0 Å². The second kappa shape index (κ2) is 9.86. The predicted molar refractivity (Wildman–Crippen MR) is 69.1 cm³/mol. The quantitative estimate of drug-likeness (QED) is 0.533. The third-order valence-corrected chi connectivity index (χ3v) is 3.80. The van der Waals surface area contributed by atoms with Crippen LogP contribution in [0.2, 0.25) is 0 Å². The van der Waals surface area contributed by atoms with Crippen molar-refractivity contribution in [3.8, 4) is 0 Å². The van der Waals surface area contributed by atoms with E-state index < -0.39 is 0 Å². The largest absolute Gasteiger partial charge is 0.216 e. The van der Waals surface area contributed by atoms with E-state index in [0.717, 1.165) is 12.3 Å². The van der Waals surface area contributed by atoms with E-state index in [-0.39, 0.29) is 0 Å². The number of hydrogen-bond donors (Lipinski definition) is 0. The molecule has 1 saturated carbocycles. The lowest BCUT2D eigenvalue weighted by molar-refractivity contribution is 0.362. The van der Waals surface area contributed by atoms with Crippen molar-refractivity contribution in [2.24, 2.45) is 5.92 Å². The highest BCUT2D eigenvalue weighted by atomic mass is 19.1. The van der Waals surface area contributed by atoms with Crippen LogP contribution in [0.1, 0.15) is 77.0 Å². The third kappa shape index (κ3) is 7.03. The number of hydrogen-bond acceptors (Lipinski definition) is 0. The van der Waals surface area contributed by atoms with E-state index in [4.69, 9.17) is 0 Å². The summed E-state index contributed by atoms with van der Waals surface area (Å²) in [5, 5.41) is 0. The van der Waals surface area contributed by atoms with Gasteiger partial charge < -0.3 is 0 Å². The highest BCUT2D eigenvalue weighted by Crippen LogP contribution is 2.25. The molecule has 0 aliphatic heterocycles. The average Bonchev–Trinajstić information content (AvgIpc) is 2.32. The molecule has 1 heteroatoms. The highest BCUT2D eigenvalue weighted by Gasteiger charge is 2.09. The topological polar surface area (TPSA) is 0 Å². The minimum Gasteiger partial charge on any atom is -0.216 e. The molecule has 94 valence electrons. The van der Waals surface area contributed by atoms with Crippen LogP contribution in [-0.4, -0.2) is 0 Å². The van der Waals surface area contributed by atoms with Gasteiger partial charge in [0, 0.05) is 0 Å². The molecular weight excluding hydrogens is 199 g/mol. The van der Waals surface area contributed by atoms with Gasteiger partial charge in [0.1, 0.15) is 0 Å². The van der Waals surface area contributed by atoms with E-state index in [1.807, 2.05) is 0 Å². The maximum Gasteiger partial charge on any atom is 0.0827 e. The van der Waals surface area contributed by atoms with Crippen LogP contribution in [0.25, 0.3) is 0 Å². The fourth-order valence-corrected chi connectivity index (χ4v) is 2.77. The number of allylic oxidation sites excluding steroid dienone is 1. The Labute approximate surface area is 100 Å². The first-order valence-electron chi connectivity index (χ1n) is 7.18. The van der Waals surface area contributed by atoms with Crippen LogP contribution in [0, 0.1) is 5.92 Å². The molecule has 0 bridgehead atoms. The zero-order valence-electron chi connectivity index (χ0n) is 10.6. The van der Waals surface area contributed by atoms with Gasteiger partial charge in [-0.2, -0.15) is 0 Å². The molecular formula is C15H27F.